The van der Waals surface area contributed by atoms with Crippen molar-refractivity contribution in [3.8, 4) is 5.75 Å². The molecule has 1 rings (SSSR count). The van der Waals surface area contributed by atoms with E-state index in [0.29, 0.717) is 18.2 Å². The van der Waals surface area contributed by atoms with Crippen molar-refractivity contribution in [1.82, 2.24) is 0 Å². The van der Waals surface area contributed by atoms with Crippen molar-refractivity contribution in [3.63, 3.8) is 0 Å². The first-order chi connectivity index (χ1) is 8.94. The number of phenols is 1. The minimum Gasteiger partial charge on any atom is -0.507 e. The predicted molar refractivity (Wildman–Crippen MR) is 54.8 cm³/mol. The molecule has 0 aliphatic rings. The Hall–Kier alpha value is -2.19. The molecule has 0 unspecified atom stereocenters. The van der Waals surface area contributed by atoms with Gasteiger partial charge >= 0.3 is 18.3 Å². The highest BCUT2D eigenvalue weighted by atomic mass is 19.4. The molecule has 2 N–H and O–H groups in total. The Bertz CT molecular complexity index is 557. The third kappa shape index (κ3) is 3.43. The number of rotatable bonds is 2. The van der Waals surface area contributed by atoms with E-state index in [1.54, 1.807) is 0 Å². The van der Waals surface area contributed by atoms with E-state index in [4.69, 9.17) is 5.11 Å². The second-order valence-electron chi connectivity index (χ2n) is 3.59. The lowest BCUT2D eigenvalue weighted by atomic mass is 10.0. The van der Waals surface area contributed by atoms with Crippen molar-refractivity contribution in [2.45, 2.75) is 12.4 Å². The van der Waals surface area contributed by atoms with E-state index < -0.39 is 40.8 Å². The van der Waals surface area contributed by atoms with Crippen molar-refractivity contribution in [3.05, 3.63) is 34.9 Å². The molecule has 0 saturated carbocycles. The third-order valence-corrected chi connectivity index (χ3v) is 2.20. The van der Waals surface area contributed by atoms with Crippen LogP contribution in [0, 0.1) is 0 Å². The van der Waals surface area contributed by atoms with Crippen LogP contribution >= 0.6 is 0 Å². The number of halogens is 6. The van der Waals surface area contributed by atoms with Gasteiger partial charge in [0.05, 0.1) is 5.56 Å². The fraction of sp³-hybridized carbons (Fsp3) is 0.182. The summed E-state index contributed by atoms with van der Waals surface area (Å²) in [6.45, 7) is 0. The van der Waals surface area contributed by atoms with Crippen molar-refractivity contribution < 1.29 is 41.4 Å². The van der Waals surface area contributed by atoms with Crippen LogP contribution in [0.3, 0.4) is 0 Å². The molecule has 0 aliphatic heterocycles. The normalized spacial score (nSPS) is 12.9. The Morgan fingerprint density at radius 1 is 1.05 bits per heavy atom. The summed E-state index contributed by atoms with van der Waals surface area (Å²) in [5.74, 6) is -3.21. The molecule has 0 aromatic heterocycles. The summed E-state index contributed by atoms with van der Waals surface area (Å²) >= 11 is 0. The molecule has 0 saturated heterocycles. The third-order valence-electron chi connectivity index (χ3n) is 2.20. The topological polar surface area (TPSA) is 57.5 Å². The number of benzene rings is 1. The molecule has 3 nitrogen and oxygen atoms in total. The molecule has 0 radical (unpaired) electrons. The highest BCUT2D eigenvalue weighted by Gasteiger charge is 2.45. The minimum absolute atomic E-state index is 0.129. The van der Waals surface area contributed by atoms with Gasteiger partial charge in [-0.2, -0.15) is 26.3 Å². The minimum atomic E-state index is -5.44. The second-order valence-corrected chi connectivity index (χ2v) is 3.59. The van der Waals surface area contributed by atoms with Crippen LogP contribution in [0.1, 0.15) is 16.7 Å². The van der Waals surface area contributed by atoms with Gasteiger partial charge in [0.1, 0.15) is 11.3 Å². The van der Waals surface area contributed by atoms with Crippen molar-refractivity contribution in [2.24, 2.45) is 0 Å². The van der Waals surface area contributed by atoms with Gasteiger partial charge < -0.3 is 10.2 Å². The van der Waals surface area contributed by atoms with Crippen LogP contribution in [0.25, 0.3) is 6.08 Å². The van der Waals surface area contributed by atoms with Crippen LogP contribution in [0.2, 0.25) is 0 Å². The van der Waals surface area contributed by atoms with Crippen LogP contribution in [-0.4, -0.2) is 16.2 Å². The van der Waals surface area contributed by atoms with Crippen LogP contribution in [0.5, 0.6) is 5.75 Å². The van der Waals surface area contributed by atoms with Gasteiger partial charge in [-0.1, -0.05) is 6.07 Å². The number of carboxylic acid groups (broad SMARTS) is 1. The molecule has 0 amide bonds. The first-order valence-electron chi connectivity index (χ1n) is 4.86. The highest BCUT2D eigenvalue weighted by molar-refractivity contribution is 5.86. The summed E-state index contributed by atoms with van der Waals surface area (Å²) in [7, 11) is 0. The van der Waals surface area contributed by atoms with Crippen LogP contribution in [0.15, 0.2) is 18.2 Å². The Kier molecular flexibility index (Phi) is 4.02. The summed E-state index contributed by atoms with van der Waals surface area (Å²) in [6, 6.07) is 0.677. The summed E-state index contributed by atoms with van der Waals surface area (Å²) in [6.07, 6.45) is -9.80. The Balaban J connectivity index is 3.56. The van der Waals surface area contributed by atoms with Gasteiger partial charge in [-0.05, 0) is 12.1 Å². The number of carbonyl (C=O) groups is 1. The monoisotopic (exact) mass is 300 g/mol. The maximum atomic E-state index is 12.6. The van der Waals surface area contributed by atoms with Crippen LogP contribution in [-0.2, 0) is 17.1 Å². The first kappa shape index (κ1) is 15.9. The van der Waals surface area contributed by atoms with Gasteiger partial charge in [0, 0.05) is 11.6 Å². The smallest absolute Gasteiger partial charge is 0.420 e. The molecule has 0 heterocycles. The van der Waals surface area contributed by atoms with E-state index in [1.165, 1.54) is 0 Å². The number of aromatic hydroxyl groups is 1. The second kappa shape index (κ2) is 5.06. The summed E-state index contributed by atoms with van der Waals surface area (Å²) in [5, 5.41) is 17.6. The molecule has 0 bridgehead atoms. The molecule has 20 heavy (non-hydrogen) atoms. The van der Waals surface area contributed by atoms with Gasteiger partial charge in [0.2, 0.25) is 0 Å². The Morgan fingerprint density at radius 3 is 2.00 bits per heavy atom. The summed E-state index contributed by atoms with van der Waals surface area (Å²) in [5.41, 5.74) is -4.99. The van der Waals surface area contributed by atoms with E-state index in [-0.39, 0.29) is 6.07 Å². The van der Waals surface area contributed by atoms with E-state index in [2.05, 4.69) is 0 Å². The largest absolute Gasteiger partial charge is 0.507 e. The van der Waals surface area contributed by atoms with Gasteiger partial charge in [-0.25, -0.2) is 4.79 Å². The fourth-order valence-corrected chi connectivity index (χ4v) is 1.43. The Labute approximate surface area is 107 Å². The standard InChI is InChI=1S/C11H6F6O3/c12-10(13,14)6-3-1-5(2-4-7(18)19)9(20)8(6)11(15,16)17/h1-4,20H,(H,18,19)/b4-2+. The average molecular weight is 300 g/mol. The molecular weight excluding hydrogens is 294 g/mol. The zero-order valence-corrected chi connectivity index (χ0v) is 9.38. The summed E-state index contributed by atoms with van der Waals surface area (Å²) in [4.78, 5) is 10.2. The van der Waals surface area contributed by atoms with Crippen molar-refractivity contribution in [1.29, 1.82) is 0 Å². The number of carboxylic acids is 1. The quantitative estimate of drug-likeness (QED) is 0.649. The number of aliphatic carboxylic acids is 1. The van der Waals surface area contributed by atoms with E-state index in [1.807, 2.05) is 0 Å². The number of alkyl halides is 6. The summed E-state index contributed by atoms with van der Waals surface area (Å²) < 4.78 is 75.3. The average Bonchev–Trinajstić information content (AvgIpc) is 2.23. The van der Waals surface area contributed by atoms with Crippen LogP contribution in [0.4, 0.5) is 26.3 Å². The maximum Gasteiger partial charge on any atom is 0.420 e. The molecule has 0 spiro atoms. The predicted octanol–water partition coefficient (Wildman–Crippen LogP) is 3.53. The molecular formula is C11H6F6O3. The molecule has 1 aromatic carbocycles. The molecule has 110 valence electrons. The lowest BCUT2D eigenvalue weighted by Gasteiger charge is -2.17. The number of hydrogen-bond acceptors (Lipinski definition) is 2. The lowest BCUT2D eigenvalue weighted by molar-refractivity contribution is -0.163. The first-order valence-corrected chi connectivity index (χ1v) is 4.86. The number of phenolic OH excluding ortho intramolecular Hbond substituents is 1. The molecule has 0 fully saturated rings. The SMILES string of the molecule is O=C(O)/C=C/c1ccc(C(F)(F)F)c(C(F)(F)F)c1O. The van der Waals surface area contributed by atoms with Gasteiger partial charge in [-0.15, -0.1) is 0 Å². The number of hydrogen-bond donors (Lipinski definition) is 2. The van der Waals surface area contributed by atoms with Gasteiger partial charge in [0.25, 0.3) is 0 Å². The zero-order chi connectivity index (χ0) is 15.7. The Morgan fingerprint density at radius 2 is 1.60 bits per heavy atom. The van der Waals surface area contributed by atoms with E-state index in [0.717, 1.165) is 0 Å². The van der Waals surface area contributed by atoms with Gasteiger partial charge in [-0.3, -0.25) is 0 Å². The fourth-order valence-electron chi connectivity index (χ4n) is 1.43. The highest BCUT2D eigenvalue weighted by Crippen LogP contribution is 2.45. The van der Waals surface area contributed by atoms with Gasteiger partial charge in [0.15, 0.2) is 0 Å². The van der Waals surface area contributed by atoms with Crippen molar-refractivity contribution >= 4 is 12.0 Å². The van der Waals surface area contributed by atoms with E-state index in [9.17, 15) is 36.2 Å². The molecule has 1 aromatic rings. The zero-order valence-electron chi connectivity index (χ0n) is 9.38. The molecule has 0 aliphatic carbocycles. The maximum absolute atomic E-state index is 12.6. The van der Waals surface area contributed by atoms with Crippen molar-refractivity contribution in [2.75, 3.05) is 0 Å². The van der Waals surface area contributed by atoms with Crippen LogP contribution < -0.4 is 0 Å². The molecule has 9 heteroatoms. The lowest BCUT2D eigenvalue weighted by Crippen LogP contribution is -2.17. The molecule has 0 atom stereocenters. The van der Waals surface area contributed by atoms with E-state index >= 15 is 0 Å².